The molecular formula is C19H15ClN2O3. The third-order valence-corrected chi connectivity index (χ3v) is 4.11. The van der Waals surface area contributed by atoms with Crippen molar-refractivity contribution in [2.24, 2.45) is 0 Å². The number of nitrogens with zero attached hydrogens (tertiary/aromatic N) is 2. The Morgan fingerprint density at radius 1 is 1.36 bits per heavy atom. The average Bonchev–Trinajstić information content (AvgIpc) is 3.06. The Bertz CT molecular complexity index is 941. The summed E-state index contributed by atoms with van der Waals surface area (Å²) in [7, 11) is 1.52. The Balaban J connectivity index is 2.04. The van der Waals surface area contributed by atoms with Gasteiger partial charge in [0, 0.05) is 5.69 Å². The highest BCUT2D eigenvalue weighted by Gasteiger charge is 2.26. The van der Waals surface area contributed by atoms with Crippen molar-refractivity contribution >= 4 is 34.3 Å². The molecule has 0 bridgehead atoms. The lowest BCUT2D eigenvalue weighted by Gasteiger charge is -2.25. The molecule has 0 saturated carbocycles. The van der Waals surface area contributed by atoms with Crippen molar-refractivity contribution < 1.29 is 13.9 Å². The van der Waals surface area contributed by atoms with Crippen molar-refractivity contribution in [3.63, 3.8) is 0 Å². The minimum Gasteiger partial charge on any atom is -0.495 e. The fourth-order valence-corrected chi connectivity index (χ4v) is 2.82. The van der Waals surface area contributed by atoms with Crippen molar-refractivity contribution in [3.05, 3.63) is 53.4 Å². The summed E-state index contributed by atoms with van der Waals surface area (Å²) in [5.74, 6) is 2.51. The van der Waals surface area contributed by atoms with E-state index in [1.807, 2.05) is 24.3 Å². The van der Waals surface area contributed by atoms with Crippen LogP contribution in [0.4, 0.5) is 5.69 Å². The number of terminal acetylenes is 1. The van der Waals surface area contributed by atoms with Gasteiger partial charge in [-0.25, -0.2) is 4.98 Å². The molecule has 0 aliphatic heterocycles. The zero-order valence-corrected chi connectivity index (χ0v) is 14.4. The Kier molecular flexibility index (Phi) is 4.64. The molecule has 0 aliphatic carbocycles. The molecule has 0 aliphatic rings. The van der Waals surface area contributed by atoms with Gasteiger partial charge in [-0.15, -0.1) is 6.42 Å². The summed E-state index contributed by atoms with van der Waals surface area (Å²) in [6.45, 7) is 1.79. The van der Waals surface area contributed by atoms with Crippen molar-refractivity contribution in [1.82, 2.24) is 4.98 Å². The molecule has 25 heavy (non-hydrogen) atoms. The van der Waals surface area contributed by atoms with Crippen LogP contribution in [0.2, 0.25) is 5.02 Å². The van der Waals surface area contributed by atoms with Crippen molar-refractivity contribution in [1.29, 1.82) is 0 Å². The average molecular weight is 355 g/mol. The zero-order chi connectivity index (χ0) is 18.0. The molecule has 1 atom stereocenters. The number of para-hydroxylation sites is 2. The highest BCUT2D eigenvalue weighted by molar-refractivity contribution is 6.32. The maximum Gasteiger partial charge on any atom is 0.303 e. The molecule has 1 aromatic heterocycles. The van der Waals surface area contributed by atoms with Crippen LogP contribution in [0.1, 0.15) is 18.9 Å². The molecule has 1 heterocycles. The van der Waals surface area contributed by atoms with Gasteiger partial charge in [0.2, 0.25) is 5.89 Å². The Labute approximate surface area is 150 Å². The monoisotopic (exact) mass is 354 g/mol. The van der Waals surface area contributed by atoms with Crippen LogP contribution in [0.25, 0.3) is 11.1 Å². The van der Waals surface area contributed by atoms with Crippen LogP contribution in [0, 0.1) is 12.3 Å². The number of fused-ring (bicyclic) bond motifs is 1. The van der Waals surface area contributed by atoms with Crippen LogP contribution in [-0.4, -0.2) is 18.0 Å². The first-order valence-electron chi connectivity index (χ1n) is 7.54. The number of anilines is 1. The van der Waals surface area contributed by atoms with Gasteiger partial charge in [-0.2, -0.15) is 0 Å². The molecular weight excluding hydrogens is 340 g/mol. The number of aromatic nitrogens is 1. The Hall–Kier alpha value is -2.97. The lowest BCUT2D eigenvalue weighted by molar-refractivity contribution is -0.113. The predicted molar refractivity (Wildman–Crippen MR) is 96.7 cm³/mol. The molecule has 3 aromatic rings. The van der Waals surface area contributed by atoms with E-state index >= 15 is 0 Å². The molecule has 2 aromatic carbocycles. The third-order valence-electron chi connectivity index (χ3n) is 3.81. The molecule has 0 spiro atoms. The first kappa shape index (κ1) is 16.9. The number of benzene rings is 2. The van der Waals surface area contributed by atoms with Gasteiger partial charge in [-0.05, 0) is 43.2 Å². The fourth-order valence-electron chi connectivity index (χ4n) is 2.57. The number of carbonyl (C=O) groups is 1. The highest BCUT2D eigenvalue weighted by atomic mass is 35.5. The van der Waals surface area contributed by atoms with E-state index in [0.717, 1.165) is 0 Å². The number of methoxy groups -OCH3 is 1. The number of carbonyl (C=O) groups excluding carboxylic acids is 1. The first-order chi connectivity index (χ1) is 12.0. The zero-order valence-electron chi connectivity index (χ0n) is 13.7. The normalized spacial score (nSPS) is 11.8. The molecule has 3 rings (SSSR count). The van der Waals surface area contributed by atoms with Crippen LogP contribution in [0.5, 0.6) is 5.75 Å². The number of hydrogen-bond donors (Lipinski definition) is 0. The summed E-state index contributed by atoms with van der Waals surface area (Å²) >= 11 is 6.18. The second-order valence-electron chi connectivity index (χ2n) is 5.33. The lowest BCUT2D eigenvalue weighted by atomic mass is 10.2. The highest BCUT2D eigenvalue weighted by Crippen LogP contribution is 2.34. The second kappa shape index (κ2) is 6.88. The van der Waals surface area contributed by atoms with Gasteiger partial charge in [0.1, 0.15) is 17.3 Å². The van der Waals surface area contributed by atoms with Gasteiger partial charge in [-0.1, -0.05) is 23.7 Å². The van der Waals surface area contributed by atoms with Crippen LogP contribution >= 0.6 is 11.6 Å². The molecule has 6 heteroatoms. The Morgan fingerprint density at radius 3 is 2.76 bits per heavy atom. The molecule has 1 unspecified atom stereocenters. The minimum absolute atomic E-state index is 0.375. The maximum absolute atomic E-state index is 12.4. The molecule has 126 valence electrons. The molecule has 0 saturated heterocycles. The smallest absolute Gasteiger partial charge is 0.303 e. The van der Waals surface area contributed by atoms with Gasteiger partial charge in [0.05, 0.1) is 12.1 Å². The summed E-state index contributed by atoms with van der Waals surface area (Å²) in [5.41, 5.74) is 1.89. The van der Waals surface area contributed by atoms with E-state index < -0.39 is 11.9 Å². The third kappa shape index (κ3) is 3.17. The van der Waals surface area contributed by atoms with Crippen molar-refractivity contribution in [2.75, 3.05) is 12.0 Å². The number of ether oxygens (including phenoxy) is 1. The number of hydrogen-bond acceptors (Lipinski definition) is 4. The SMILES string of the molecule is C#CC(=O)N(c1ccc(OC)c(Cl)c1)C(C)c1nc2ccccc2o1. The van der Waals surface area contributed by atoms with Gasteiger partial charge in [-0.3, -0.25) is 9.69 Å². The van der Waals surface area contributed by atoms with Crippen LogP contribution in [0.3, 0.4) is 0 Å². The molecule has 1 amide bonds. The van der Waals surface area contributed by atoms with Crippen molar-refractivity contribution in [3.8, 4) is 18.1 Å². The van der Waals surface area contributed by atoms with Gasteiger partial charge >= 0.3 is 5.91 Å². The van der Waals surface area contributed by atoms with E-state index in [2.05, 4.69) is 10.9 Å². The molecule has 5 nitrogen and oxygen atoms in total. The molecule has 0 radical (unpaired) electrons. The first-order valence-corrected chi connectivity index (χ1v) is 7.91. The number of rotatable bonds is 4. The minimum atomic E-state index is -0.518. The second-order valence-corrected chi connectivity index (χ2v) is 5.74. The molecule has 0 fully saturated rings. The number of oxazole rings is 1. The summed E-state index contributed by atoms with van der Waals surface area (Å²) in [4.78, 5) is 18.2. The number of halogens is 1. The van der Waals surface area contributed by atoms with Gasteiger partial charge in [0.15, 0.2) is 5.58 Å². The van der Waals surface area contributed by atoms with E-state index in [-0.39, 0.29) is 0 Å². The summed E-state index contributed by atoms with van der Waals surface area (Å²) in [6.07, 6.45) is 5.35. The fraction of sp³-hybridized carbons (Fsp3) is 0.158. The predicted octanol–water partition coefficient (Wildman–Crippen LogP) is 4.22. The van der Waals surface area contributed by atoms with Crippen molar-refractivity contribution in [2.45, 2.75) is 13.0 Å². The lowest BCUT2D eigenvalue weighted by Crippen LogP contribution is -2.32. The van der Waals surface area contributed by atoms with E-state index in [0.29, 0.717) is 33.4 Å². The Morgan fingerprint density at radius 2 is 2.12 bits per heavy atom. The van der Waals surface area contributed by atoms with Crippen LogP contribution < -0.4 is 9.64 Å². The largest absolute Gasteiger partial charge is 0.495 e. The maximum atomic E-state index is 12.4. The standard InChI is InChI=1S/C19H15ClN2O3/c1-4-18(23)22(13-9-10-16(24-3)14(20)11-13)12(2)19-21-15-7-5-6-8-17(15)25-19/h1,5-12H,2-3H3. The quantitative estimate of drug-likeness (QED) is 0.658. The summed E-state index contributed by atoms with van der Waals surface area (Å²) in [6, 6.07) is 11.9. The van der Waals surface area contributed by atoms with Crippen LogP contribution in [0.15, 0.2) is 46.9 Å². The van der Waals surface area contributed by atoms with Gasteiger partial charge in [0.25, 0.3) is 0 Å². The summed E-state index contributed by atoms with van der Waals surface area (Å²) in [5, 5.41) is 0.375. The van der Waals surface area contributed by atoms with E-state index in [1.165, 1.54) is 12.0 Å². The summed E-state index contributed by atoms with van der Waals surface area (Å²) < 4.78 is 10.9. The van der Waals surface area contributed by atoms with E-state index in [9.17, 15) is 4.79 Å². The van der Waals surface area contributed by atoms with Gasteiger partial charge < -0.3 is 9.15 Å². The van der Waals surface area contributed by atoms with E-state index in [4.69, 9.17) is 27.2 Å². The molecule has 0 N–H and O–H groups in total. The number of amides is 1. The topological polar surface area (TPSA) is 55.6 Å². The van der Waals surface area contributed by atoms with E-state index in [1.54, 1.807) is 25.1 Å². The van der Waals surface area contributed by atoms with Crippen LogP contribution in [-0.2, 0) is 4.79 Å².